The van der Waals surface area contributed by atoms with Crippen LogP contribution in [0.2, 0.25) is 0 Å². The van der Waals surface area contributed by atoms with Gasteiger partial charge < -0.3 is 20.2 Å². The summed E-state index contributed by atoms with van der Waals surface area (Å²) in [6, 6.07) is 0. The molecule has 30 heavy (non-hydrogen) atoms. The summed E-state index contributed by atoms with van der Waals surface area (Å²) < 4.78 is 0. The number of hydrogen-bond donors (Lipinski definition) is 3. The monoisotopic (exact) mass is 450 g/mol. The molecule has 0 rings (SSSR count). The molecule has 0 aliphatic rings. The second kappa shape index (κ2) is 24.0. The van der Waals surface area contributed by atoms with Crippen molar-refractivity contribution in [3.05, 3.63) is 0 Å². The van der Waals surface area contributed by atoms with Gasteiger partial charge in [-0.25, -0.2) is 0 Å². The third-order valence-corrected chi connectivity index (χ3v) is 4.62. The van der Waals surface area contributed by atoms with Crippen LogP contribution in [-0.4, -0.2) is 141 Å². The molecule has 0 aromatic heterocycles. The van der Waals surface area contributed by atoms with E-state index in [1.165, 1.54) is 48.3 Å². The fraction of sp³-hybridized carbons (Fsp3) is 0.850. The number of aliphatic carboxylic acids is 2. The number of carbonyl (C=O) groups is 3. The molecule has 0 fully saturated rings. The molecular weight excluding hydrogens is 410 g/mol. The zero-order chi connectivity index (χ0) is 21.2. The second-order valence-corrected chi connectivity index (χ2v) is 7.18. The molecule has 0 saturated heterocycles. The number of aliphatic hydroxyl groups excluding tert-OH is 1. The van der Waals surface area contributed by atoms with Crippen LogP contribution in [-0.2, 0) is 14.4 Å². The first-order chi connectivity index (χ1) is 13.4. The average molecular weight is 451 g/mol. The van der Waals surface area contributed by atoms with Gasteiger partial charge in [-0.3, -0.25) is 19.3 Å². The summed E-state index contributed by atoms with van der Waals surface area (Å²) in [4.78, 5) is 36.8. The van der Waals surface area contributed by atoms with Gasteiger partial charge in [-0.15, -0.1) is 0 Å². The van der Waals surface area contributed by atoms with Crippen molar-refractivity contribution < 1.29 is 29.7 Å². The molecule has 0 aliphatic carbocycles. The van der Waals surface area contributed by atoms with Gasteiger partial charge in [0.25, 0.3) is 0 Å². The normalized spacial score (nSPS) is 10.2. The molecular formula is C20H40N2Na2O6. The van der Waals surface area contributed by atoms with Gasteiger partial charge in [0.05, 0.1) is 19.7 Å². The van der Waals surface area contributed by atoms with Crippen molar-refractivity contribution in [2.24, 2.45) is 0 Å². The van der Waals surface area contributed by atoms with E-state index in [4.69, 9.17) is 10.2 Å². The second-order valence-electron chi connectivity index (χ2n) is 7.18. The van der Waals surface area contributed by atoms with Crippen molar-refractivity contribution in [2.75, 3.05) is 39.3 Å². The van der Waals surface area contributed by atoms with Gasteiger partial charge in [0.2, 0.25) is 5.91 Å². The fourth-order valence-electron chi connectivity index (χ4n) is 3.09. The number of carbonyl (C=O) groups excluding carboxylic acids is 1. The van der Waals surface area contributed by atoms with Gasteiger partial charge in [-0.05, 0) is 6.42 Å². The van der Waals surface area contributed by atoms with E-state index in [1.807, 2.05) is 0 Å². The van der Waals surface area contributed by atoms with Crippen molar-refractivity contribution >= 4 is 77.0 Å². The van der Waals surface area contributed by atoms with Crippen LogP contribution in [0.3, 0.4) is 0 Å². The summed E-state index contributed by atoms with van der Waals surface area (Å²) in [5, 5.41) is 26.9. The van der Waals surface area contributed by atoms with Crippen molar-refractivity contribution in [3.63, 3.8) is 0 Å². The van der Waals surface area contributed by atoms with Gasteiger partial charge in [-0.1, -0.05) is 58.3 Å². The first-order valence-corrected chi connectivity index (χ1v) is 10.4. The molecule has 168 valence electrons. The molecule has 0 spiro atoms. The Labute approximate surface area is 225 Å². The van der Waals surface area contributed by atoms with Crippen molar-refractivity contribution in [2.45, 2.75) is 71.1 Å². The van der Waals surface area contributed by atoms with Crippen LogP contribution in [0.1, 0.15) is 71.1 Å². The zero-order valence-corrected chi connectivity index (χ0v) is 17.3. The number of hydrogen-bond acceptors (Lipinski definition) is 5. The summed E-state index contributed by atoms with van der Waals surface area (Å²) >= 11 is 0. The molecule has 10 heteroatoms. The Morgan fingerprint density at radius 2 is 1.17 bits per heavy atom. The van der Waals surface area contributed by atoms with E-state index in [1.54, 1.807) is 0 Å². The molecule has 0 aromatic carbocycles. The van der Waals surface area contributed by atoms with E-state index in [-0.39, 0.29) is 91.3 Å². The van der Waals surface area contributed by atoms with E-state index in [0.717, 1.165) is 19.3 Å². The number of rotatable bonds is 19. The van der Waals surface area contributed by atoms with E-state index < -0.39 is 25.0 Å². The number of unbranched alkanes of at least 4 members (excludes halogenated alkanes) is 8. The predicted molar refractivity (Wildman–Crippen MR) is 122 cm³/mol. The predicted octanol–water partition coefficient (Wildman–Crippen LogP) is 0.902. The standard InChI is InChI=1S/C20H38N2O6.2Na.2H/c1-2-3-4-5-6-7-8-9-10-11-18(24)22(14-15-23)13-12-21(16-19(25)26)17-20(27)28;;;;/h23H,2-17H2,1H3,(H,25,26)(H,27,28);;;;. The molecule has 1 amide bonds. The topological polar surface area (TPSA) is 118 Å². The fourth-order valence-corrected chi connectivity index (χ4v) is 3.09. The van der Waals surface area contributed by atoms with Crippen molar-refractivity contribution in [3.8, 4) is 0 Å². The number of carboxylic acid groups (broad SMARTS) is 2. The Bertz CT molecular complexity index is 439. The maximum absolute atomic E-state index is 12.4. The summed E-state index contributed by atoms with van der Waals surface area (Å²) in [6.07, 6.45) is 10.9. The molecule has 8 nitrogen and oxygen atoms in total. The number of nitrogens with zero attached hydrogens (tertiary/aromatic N) is 2. The van der Waals surface area contributed by atoms with Crippen LogP contribution in [0.5, 0.6) is 0 Å². The minimum absolute atomic E-state index is 0. The third kappa shape index (κ3) is 21.6. The molecule has 0 radical (unpaired) electrons. The first kappa shape index (κ1) is 34.9. The molecule has 0 aliphatic heterocycles. The first-order valence-electron chi connectivity index (χ1n) is 10.4. The summed E-state index contributed by atoms with van der Waals surface area (Å²) in [6.45, 7) is 1.75. The summed E-state index contributed by atoms with van der Waals surface area (Å²) in [5.74, 6) is -2.31. The van der Waals surface area contributed by atoms with Gasteiger partial charge in [0.15, 0.2) is 0 Å². The van der Waals surface area contributed by atoms with E-state index in [9.17, 15) is 19.5 Å². The third-order valence-electron chi connectivity index (χ3n) is 4.62. The molecule has 0 atom stereocenters. The van der Waals surface area contributed by atoms with Gasteiger partial charge in [-0.2, -0.15) is 0 Å². The Balaban J connectivity index is -0.00000364. The quantitative estimate of drug-likeness (QED) is 0.198. The number of amides is 1. The Morgan fingerprint density at radius 1 is 0.700 bits per heavy atom. The molecule has 0 heterocycles. The van der Waals surface area contributed by atoms with Crippen LogP contribution in [0.4, 0.5) is 0 Å². The zero-order valence-electron chi connectivity index (χ0n) is 17.3. The number of aliphatic hydroxyl groups is 1. The average Bonchev–Trinajstić information content (AvgIpc) is 2.62. The Kier molecular flexibility index (Phi) is 27.9. The van der Waals surface area contributed by atoms with Crippen LogP contribution in [0.25, 0.3) is 0 Å². The summed E-state index contributed by atoms with van der Waals surface area (Å²) in [5.41, 5.74) is 0. The van der Waals surface area contributed by atoms with E-state index in [0.29, 0.717) is 6.42 Å². The van der Waals surface area contributed by atoms with Crippen LogP contribution < -0.4 is 0 Å². The van der Waals surface area contributed by atoms with Crippen LogP contribution >= 0.6 is 0 Å². The SMILES string of the molecule is CCCCCCCCCCCC(=O)N(CCO)CCN(CC(=O)O)CC(=O)O.[NaH].[NaH]. The molecule has 0 saturated carbocycles. The minimum atomic E-state index is -1.11. The molecule has 0 aromatic rings. The number of carboxylic acids is 2. The molecule has 0 unspecified atom stereocenters. The van der Waals surface area contributed by atoms with Crippen LogP contribution in [0, 0.1) is 0 Å². The Morgan fingerprint density at radius 3 is 1.60 bits per heavy atom. The Hall–Kier alpha value is 0.330. The van der Waals surface area contributed by atoms with Crippen LogP contribution in [0.15, 0.2) is 0 Å². The summed E-state index contributed by atoms with van der Waals surface area (Å²) in [7, 11) is 0. The van der Waals surface area contributed by atoms with Gasteiger partial charge in [0, 0.05) is 26.1 Å². The molecule has 3 N–H and O–H groups in total. The van der Waals surface area contributed by atoms with E-state index in [2.05, 4.69) is 6.92 Å². The van der Waals surface area contributed by atoms with E-state index >= 15 is 0 Å². The van der Waals surface area contributed by atoms with Gasteiger partial charge in [0.1, 0.15) is 0 Å². The van der Waals surface area contributed by atoms with Crippen molar-refractivity contribution in [1.82, 2.24) is 9.80 Å². The van der Waals surface area contributed by atoms with Crippen molar-refractivity contribution in [1.29, 1.82) is 0 Å². The molecule has 0 bridgehead atoms. The maximum atomic E-state index is 12.4. The van der Waals surface area contributed by atoms with Gasteiger partial charge >= 0.3 is 71.1 Å².